The summed E-state index contributed by atoms with van der Waals surface area (Å²) in [5.74, 6) is 0. The number of ether oxygens (including phenoxy) is 1. The highest BCUT2D eigenvalue weighted by Crippen LogP contribution is 2.12. The first kappa shape index (κ1) is 11.0. The van der Waals surface area contributed by atoms with Crippen LogP contribution in [0.1, 0.15) is 0 Å². The van der Waals surface area contributed by atoms with E-state index in [0.29, 0.717) is 39.4 Å². The van der Waals surface area contributed by atoms with Gasteiger partial charge in [-0.2, -0.15) is 0 Å². The molecule has 3 N–H and O–H groups in total. The van der Waals surface area contributed by atoms with Crippen LogP contribution in [0.25, 0.3) is 0 Å². The molecule has 90 valence electrons. The summed E-state index contributed by atoms with van der Waals surface area (Å²) in [6.45, 7) is 3.57. The molecule has 2 fully saturated rings. The molecule has 0 aromatic rings. The largest absolute Gasteiger partial charge is 0.378 e. The number of nitrogens with two attached hydrogens (primary N) is 1. The number of rotatable bonds is 1. The quantitative estimate of drug-likeness (QED) is 0.590. The van der Waals surface area contributed by atoms with Gasteiger partial charge in [0.2, 0.25) is 0 Å². The van der Waals surface area contributed by atoms with E-state index in [4.69, 9.17) is 10.5 Å². The summed E-state index contributed by atoms with van der Waals surface area (Å²) in [7, 11) is 0. The van der Waals surface area contributed by atoms with E-state index in [1.165, 1.54) is 0 Å². The maximum Gasteiger partial charge on any atom is 0.320 e. The van der Waals surface area contributed by atoms with Crippen LogP contribution in [0, 0.1) is 0 Å². The Morgan fingerprint density at radius 2 is 1.81 bits per heavy atom. The molecule has 16 heavy (non-hydrogen) atoms. The van der Waals surface area contributed by atoms with Crippen molar-refractivity contribution in [1.82, 2.24) is 15.1 Å². The van der Waals surface area contributed by atoms with Gasteiger partial charge in [-0.15, -0.1) is 0 Å². The van der Waals surface area contributed by atoms with Crippen LogP contribution in [-0.4, -0.2) is 67.3 Å². The Morgan fingerprint density at radius 1 is 1.19 bits per heavy atom. The lowest BCUT2D eigenvalue weighted by Crippen LogP contribution is -2.64. The molecule has 0 atom stereocenters. The van der Waals surface area contributed by atoms with Crippen molar-refractivity contribution in [3.8, 4) is 0 Å². The van der Waals surface area contributed by atoms with E-state index in [1.54, 1.807) is 9.80 Å². The molecular formula is C9H16N4O3. The Labute approximate surface area is 93.5 Å². The number of hydrogen-bond donors (Lipinski definition) is 2. The van der Waals surface area contributed by atoms with Gasteiger partial charge in [0.25, 0.3) is 0 Å². The standard InChI is InChI=1S/C9H16N4O3/c10-8(14)11-7-5-13(6-7)9(15)12-1-3-16-4-2-12/h7H,1-6H2,(H3,10,11,14). The highest BCUT2D eigenvalue weighted by atomic mass is 16.5. The van der Waals surface area contributed by atoms with Gasteiger partial charge >= 0.3 is 12.1 Å². The van der Waals surface area contributed by atoms with Gasteiger partial charge in [-0.05, 0) is 0 Å². The molecule has 0 bridgehead atoms. The zero-order valence-electron chi connectivity index (χ0n) is 9.02. The predicted octanol–water partition coefficient (Wildman–Crippen LogP) is -1.21. The first-order valence-corrected chi connectivity index (χ1v) is 5.34. The number of morpholine rings is 1. The summed E-state index contributed by atoms with van der Waals surface area (Å²) in [4.78, 5) is 25.9. The molecule has 2 rings (SSSR count). The Bertz CT molecular complexity index is 284. The lowest BCUT2D eigenvalue weighted by molar-refractivity contribution is 0.0337. The molecule has 0 saturated carbocycles. The Morgan fingerprint density at radius 3 is 2.38 bits per heavy atom. The normalized spacial score (nSPS) is 21.5. The maximum absolute atomic E-state index is 11.9. The molecule has 2 saturated heterocycles. The molecule has 0 unspecified atom stereocenters. The van der Waals surface area contributed by atoms with Crippen LogP contribution in [0.4, 0.5) is 9.59 Å². The number of likely N-dealkylation sites (tertiary alicyclic amines) is 1. The van der Waals surface area contributed by atoms with E-state index >= 15 is 0 Å². The highest BCUT2D eigenvalue weighted by Gasteiger charge is 2.34. The van der Waals surface area contributed by atoms with Crippen molar-refractivity contribution >= 4 is 12.1 Å². The van der Waals surface area contributed by atoms with E-state index in [1.807, 2.05) is 0 Å². The zero-order valence-corrected chi connectivity index (χ0v) is 9.02. The number of hydrogen-bond acceptors (Lipinski definition) is 3. The molecule has 7 heteroatoms. The number of carbonyl (C=O) groups excluding carboxylic acids is 2. The van der Waals surface area contributed by atoms with Crippen LogP contribution < -0.4 is 11.1 Å². The zero-order chi connectivity index (χ0) is 11.5. The van der Waals surface area contributed by atoms with Crippen LogP contribution in [0.3, 0.4) is 0 Å². The van der Waals surface area contributed by atoms with Gasteiger partial charge in [0.05, 0.1) is 19.3 Å². The minimum absolute atomic E-state index is 0.00231. The van der Waals surface area contributed by atoms with Gasteiger partial charge in [-0.3, -0.25) is 0 Å². The molecular weight excluding hydrogens is 212 g/mol. The highest BCUT2D eigenvalue weighted by molar-refractivity contribution is 5.77. The smallest absolute Gasteiger partial charge is 0.320 e. The molecule has 4 amide bonds. The van der Waals surface area contributed by atoms with Crippen molar-refractivity contribution in [1.29, 1.82) is 0 Å². The monoisotopic (exact) mass is 228 g/mol. The van der Waals surface area contributed by atoms with Gasteiger partial charge < -0.3 is 25.6 Å². The van der Waals surface area contributed by atoms with Crippen LogP contribution in [0.5, 0.6) is 0 Å². The number of carbonyl (C=O) groups is 2. The van der Waals surface area contributed by atoms with E-state index in [2.05, 4.69) is 5.32 Å². The van der Waals surface area contributed by atoms with Crippen LogP contribution in [-0.2, 0) is 4.74 Å². The number of nitrogens with zero attached hydrogens (tertiary/aromatic N) is 2. The fraction of sp³-hybridized carbons (Fsp3) is 0.778. The van der Waals surface area contributed by atoms with E-state index < -0.39 is 6.03 Å². The van der Waals surface area contributed by atoms with E-state index in [-0.39, 0.29) is 12.1 Å². The third-order valence-corrected chi connectivity index (χ3v) is 2.78. The molecule has 7 nitrogen and oxygen atoms in total. The molecule has 0 aromatic carbocycles. The average molecular weight is 228 g/mol. The molecule has 2 aliphatic rings. The van der Waals surface area contributed by atoms with Gasteiger partial charge in [0, 0.05) is 26.2 Å². The Hall–Kier alpha value is -1.50. The molecule has 0 aromatic heterocycles. The Kier molecular flexibility index (Phi) is 3.14. The third kappa shape index (κ3) is 2.35. The van der Waals surface area contributed by atoms with Crippen molar-refractivity contribution in [2.45, 2.75) is 6.04 Å². The first-order chi connectivity index (χ1) is 7.66. The van der Waals surface area contributed by atoms with Crippen LogP contribution >= 0.6 is 0 Å². The lowest BCUT2D eigenvalue weighted by atomic mass is 10.1. The fourth-order valence-corrected chi connectivity index (χ4v) is 1.88. The summed E-state index contributed by atoms with van der Waals surface area (Å²) in [5.41, 5.74) is 4.99. The molecule has 0 spiro atoms. The third-order valence-electron chi connectivity index (χ3n) is 2.78. The second kappa shape index (κ2) is 4.56. The predicted molar refractivity (Wildman–Crippen MR) is 55.9 cm³/mol. The van der Waals surface area contributed by atoms with Gasteiger partial charge in [-0.25, -0.2) is 9.59 Å². The Balaban J connectivity index is 1.74. The summed E-state index contributed by atoms with van der Waals surface area (Å²) in [6, 6.07) is -0.517. The minimum atomic E-state index is -0.538. The van der Waals surface area contributed by atoms with Crippen molar-refractivity contribution < 1.29 is 14.3 Å². The summed E-state index contributed by atoms with van der Waals surface area (Å²) >= 11 is 0. The van der Waals surface area contributed by atoms with E-state index in [0.717, 1.165) is 0 Å². The summed E-state index contributed by atoms with van der Waals surface area (Å²) < 4.78 is 5.17. The van der Waals surface area contributed by atoms with Crippen molar-refractivity contribution in [2.75, 3.05) is 39.4 Å². The van der Waals surface area contributed by atoms with Crippen molar-refractivity contribution in [3.05, 3.63) is 0 Å². The SMILES string of the molecule is NC(=O)NC1CN(C(=O)N2CCOCC2)C1. The second-order valence-corrected chi connectivity index (χ2v) is 3.99. The van der Waals surface area contributed by atoms with Crippen LogP contribution in [0.2, 0.25) is 0 Å². The topological polar surface area (TPSA) is 87.9 Å². The lowest BCUT2D eigenvalue weighted by Gasteiger charge is -2.42. The number of urea groups is 2. The number of amides is 4. The van der Waals surface area contributed by atoms with Gasteiger partial charge in [0.1, 0.15) is 0 Å². The summed E-state index contributed by atoms with van der Waals surface area (Å²) in [6.07, 6.45) is 0. The first-order valence-electron chi connectivity index (χ1n) is 5.34. The van der Waals surface area contributed by atoms with Crippen molar-refractivity contribution in [2.24, 2.45) is 5.73 Å². The molecule has 2 aliphatic heterocycles. The van der Waals surface area contributed by atoms with Crippen LogP contribution in [0.15, 0.2) is 0 Å². The van der Waals surface area contributed by atoms with Crippen molar-refractivity contribution in [3.63, 3.8) is 0 Å². The van der Waals surface area contributed by atoms with E-state index in [9.17, 15) is 9.59 Å². The number of primary amides is 1. The molecule has 0 aliphatic carbocycles. The van der Waals surface area contributed by atoms with Gasteiger partial charge in [0.15, 0.2) is 0 Å². The number of nitrogens with one attached hydrogen (secondary N) is 1. The molecule has 0 radical (unpaired) electrons. The average Bonchev–Trinajstić information content (AvgIpc) is 2.23. The fourth-order valence-electron chi connectivity index (χ4n) is 1.88. The maximum atomic E-state index is 11.9. The van der Waals surface area contributed by atoms with Gasteiger partial charge in [-0.1, -0.05) is 0 Å². The molecule has 2 heterocycles. The minimum Gasteiger partial charge on any atom is -0.378 e. The summed E-state index contributed by atoms with van der Waals surface area (Å²) in [5, 5.41) is 2.57. The second-order valence-electron chi connectivity index (χ2n) is 3.99.